The molecule has 0 spiro atoms. The van der Waals surface area contributed by atoms with Crippen LogP contribution in [0.5, 0.6) is 0 Å². The van der Waals surface area contributed by atoms with Gasteiger partial charge in [0.1, 0.15) is 23.3 Å². The summed E-state index contributed by atoms with van der Waals surface area (Å²) >= 11 is 1.22. The number of aliphatic hydroxyl groups excluding tert-OH is 1. The molecule has 3 rings (SSSR count). The van der Waals surface area contributed by atoms with Gasteiger partial charge in [-0.1, -0.05) is 0 Å². The maximum Gasteiger partial charge on any atom is 0.331 e. The van der Waals surface area contributed by atoms with Gasteiger partial charge in [-0.15, -0.1) is 11.3 Å². The van der Waals surface area contributed by atoms with Crippen molar-refractivity contribution in [3.8, 4) is 0 Å². The molecule has 0 aromatic carbocycles. The summed E-state index contributed by atoms with van der Waals surface area (Å²) in [4.78, 5) is 26.1. The molecule has 3 atom stereocenters. The third kappa shape index (κ3) is 1.92. The Morgan fingerprint density at radius 1 is 1.58 bits per heavy atom. The average Bonchev–Trinajstić information content (AvgIpc) is 2.96. The van der Waals surface area contributed by atoms with Crippen LogP contribution in [-0.2, 0) is 4.74 Å². The predicted octanol–water partition coefficient (Wildman–Crippen LogP) is 0.369. The van der Waals surface area contributed by atoms with Crippen molar-refractivity contribution in [1.29, 1.82) is 0 Å². The Morgan fingerprint density at radius 2 is 2.37 bits per heavy atom. The number of aromatic amines is 1. The molecule has 2 aromatic rings. The topological polar surface area (TPSA) is 84.3 Å². The van der Waals surface area contributed by atoms with E-state index >= 15 is 0 Å². The van der Waals surface area contributed by atoms with Gasteiger partial charge in [-0.05, 0) is 11.4 Å². The molecule has 1 aliphatic heterocycles. The van der Waals surface area contributed by atoms with Gasteiger partial charge in [-0.25, -0.2) is 9.18 Å². The molecule has 8 heteroatoms. The van der Waals surface area contributed by atoms with Gasteiger partial charge in [0, 0.05) is 6.42 Å². The van der Waals surface area contributed by atoms with E-state index in [0.29, 0.717) is 10.2 Å². The fourth-order valence-corrected chi connectivity index (χ4v) is 3.18. The van der Waals surface area contributed by atoms with Crippen LogP contribution in [0.15, 0.2) is 21.0 Å². The first-order valence-electron chi connectivity index (χ1n) is 5.74. The van der Waals surface area contributed by atoms with E-state index in [1.165, 1.54) is 15.9 Å². The fourth-order valence-electron chi connectivity index (χ4n) is 2.25. The summed E-state index contributed by atoms with van der Waals surface area (Å²) < 4.78 is 20.2. The molecule has 102 valence electrons. The fraction of sp³-hybridized carbons (Fsp3) is 0.455. The lowest BCUT2D eigenvalue weighted by Gasteiger charge is -2.14. The number of alkyl halides is 1. The van der Waals surface area contributed by atoms with Crippen molar-refractivity contribution in [1.82, 2.24) is 9.55 Å². The van der Waals surface area contributed by atoms with E-state index in [-0.39, 0.29) is 6.42 Å². The molecule has 0 radical (unpaired) electrons. The van der Waals surface area contributed by atoms with E-state index in [4.69, 9.17) is 9.84 Å². The lowest BCUT2D eigenvalue weighted by atomic mass is 10.2. The summed E-state index contributed by atoms with van der Waals surface area (Å²) in [6.07, 6.45) is -3.09. The van der Waals surface area contributed by atoms with Gasteiger partial charge in [0.2, 0.25) is 0 Å². The second-order valence-corrected chi connectivity index (χ2v) is 5.23. The summed E-state index contributed by atoms with van der Waals surface area (Å²) in [5.74, 6) is 0. The highest BCUT2D eigenvalue weighted by molar-refractivity contribution is 7.16. The van der Waals surface area contributed by atoms with Gasteiger partial charge in [0.25, 0.3) is 5.56 Å². The first kappa shape index (κ1) is 12.5. The Bertz CT molecular complexity index is 721. The summed E-state index contributed by atoms with van der Waals surface area (Å²) in [6.45, 7) is -0.441. The normalized spacial score (nSPS) is 27.2. The van der Waals surface area contributed by atoms with Crippen LogP contribution in [-0.4, -0.2) is 33.5 Å². The number of nitrogens with zero attached hydrogens (tertiary/aromatic N) is 1. The zero-order chi connectivity index (χ0) is 13.6. The maximum absolute atomic E-state index is 13.6. The molecule has 3 heterocycles. The van der Waals surface area contributed by atoms with E-state index < -0.39 is 36.4 Å². The number of aliphatic hydroxyl groups is 1. The smallest absolute Gasteiger partial charge is 0.331 e. The summed E-state index contributed by atoms with van der Waals surface area (Å²) in [5.41, 5.74) is -1.10. The average molecular weight is 286 g/mol. The van der Waals surface area contributed by atoms with E-state index in [9.17, 15) is 14.0 Å². The number of fused-ring (bicyclic) bond motifs is 1. The van der Waals surface area contributed by atoms with E-state index in [1.807, 2.05) is 0 Å². The predicted molar refractivity (Wildman–Crippen MR) is 67.2 cm³/mol. The molecule has 0 amide bonds. The molecule has 1 aliphatic rings. The zero-order valence-electron chi connectivity index (χ0n) is 9.71. The number of thiophene rings is 1. The van der Waals surface area contributed by atoms with Gasteiger partial charge in [-0.2, -0.15) is 0 Å². The molecule has 0 unspecified atom stereocenters. The highest BCUT2D eigenvalue weighted by Crippen LogP contribution is 2.32. The number of H-pyrrole nitrogens is 1. The molecule has 19 heavy (non-hydrogen) atoms. The van der Waals surface area contributed by atoms with Crippen molar-refractivity contribution in [3.05, 3.63) is 32.3 Å². The maximum atomic E-state index is 13.6. The minimum Gasteiger partial charge on any atom is -0.394 e. The highest BCUT2D eigenvalue weighted by atomic mass is 32.1. The first-order chi connectivity index (χ1) is 9.11. The van der Waals surface area contributed by atoms with Gasteiger partial charge in [0.05, 0.1) is 12.0 Å². The van der Waals surface area contributed by atoms with Crippen molar-refractivity contribution in [2.24, 2.45) is 0 Å². The largest absolute Gasteiger partial charge is 0.394 e. The van der Waals surface area contributed by atoms with Crippen molar-refractivity contribution >= 4 is 21.6 Å². The molecule has 0 aliphatic carbocycles. The number of hydrogen-bond acceptors (Lipinski definition) is 5. The summed E-state index contributed by atoms with van der Waals surface area (Å²) in [6, 6.07) is 1.60. The molecular formula is C11H11FN2O4S. The lowest BCUT2D eigenvalue weighted by Crippen LogP contribution is -2.32. The Morgan fingerprint density at radius 3 is 3.05 bits per heavy atom. The summed E-state index contributed by atoms with van der Waals surface area (Å²) in [7, 11) is 0. The van der Waals surface area contributed by atoms with E-state index in [2.05, 4.69) is 4.98 Å². The van der Waals surface area contributed by atoms with Crippen LogP contribution in [0.1, 0.15) is 12.6 Å². The Kier molecular flexibility index (Phi) is 3.00. The third-order valence-electron chi connectivity index (χ3n) is 3.18. The van der Waals surface area contributed by atoms with Crippen LogP contribution in [0.25, 0.3) is 10.2 Å². The minimum absolute atomic E-state index is 0.0236. The number of aromatic nitrogens is 2. The van der Waals surface area contributed by atoms with Crippen molar-refractivity contribution in [2.75, 3.05) is 6.61 Å². The molecule has 1 saturated heterocycles. The molecule has 6 nitrogen and oxygen atoms in total. The standard InChI is InChI=1S/C11H11FN2O4S/c12-6-3-8(18-7(6)4-15)14-10-5(1-2-19-10)9(16)13-11(14)17/h1-2,6-8,15H,3-4H2,(H,13,16,17)/t6-,7+,8+/m0/s1. The second-order valence-electron chi connectivity index (χ2n) is 4.33. The Labute approximate surface area is 110 Å². The number of ether oxygens (including phenoxy) is 1. The van der Waals surface area contributed by atoms with Crippen molar-refractivity contribution in [2.45, 2.75) is 24.9 Å². The van der Waals surface area contributed by atoms with Crippen LogP contribution in [0.3, 0.4) is 0 Å². The lowest BCUT2D eigenvalue weighted by molar-refractivity contribution is -0.0335. The second kappa shape index (κ2) is 4.55. The van der Waals surface area contributed by atoms with Crippen molar-refractivity contribution < 1.29 is 14.2 Å². The quantitative estimate of drug-likeness (QED) is 0.835. The Balaban J connectivity index is 2.14. The minimum atomic E-state index is -1.33. The number of halogens is 1. The van der Waals surface area contributed by atoms with Crippen LogP contribution in [0.2, 0.25) is 0 Å². The highest BCUT2D eigenvalue weighted by Gasteiger charge is 2.37. The molecule has 2 aromatic heterocycles. The van der Waals surface area contributed by atoms with Crippen LogP contribution in [0, 0.1) is 0 Å². The van der Waals surface area contributed by atoms with Gasteiger partial charge in [0.15, 0.2) is 0 Å². The molecule has 2 N–H and O–H groups in total. The van der Waals surface area contributed by atoms with E-state index in [1.54, 1.807) is 11.4 Å². The zero-order valence-corrected chi connectivity index (χ0v) is 10.5. The van der Waals surface area contributed by atoms with Crippen LogP contribution < -0.4 is 11.2 Å². The SMILES string of the molecule is O=c1[nH]c(=O)n([C@H]2C[C@H](F)[C@@H](CO)O2)c2sccc12. The monoisotopic (exact) mass is 286 g/mol. The van der Waals surface area contributed by atoms with Crippen LogP contribution >= 0.6 is 11.3 Å². The van der Waals surface area contributed by atoms with Crippen molar-refractivity contribution in [3.63, 3.8) is 0 Å². The summed E-state index contributed by atoms with van der Waals surface area (Å²) in [5, 5.41) is 11.0. The first-order valence-corrected chi connectivity index (χ1v) is 6.62. The molecule has 0 bridgehead atoms. The number of hydrogen-bond donors (Lipinski definition) is 2. The van der Waals surface area contributed by atoms with Gasteiger partial charge < -0.3 is 9.84 Å². The molecular weight excluding hydrogens is 275 g/mol. The van der Waals surface area contributed by atoms with Crippen LogP contribution in [0.4, 0.5) is 4.39 Å². The van der Waals surface area contributed by atoms with Gasteiger partial charge in [-0.3, -0.25) is 14.3 Å². The number of nitrogens with one attached hydrogen (secondary N) is 1. The third-order valence-corrected chi connectivity index (χ3v) is 4.09. The molecule has 1 fully saturated rings. The number of rotatable bonds is 2. The Hall–Kier alpha value is -1.51. The van der Waals surface area contributed by atoms with Gasteiger partial charge >= 0.3 is 5.69 Å². The molecule has 0 saturated carbocycles. The van der Waals surface area contributed by atoms with E-state index in [0.717, 1.165) is 0 Å².